The number of nitrogens with zero attached hydrogens (tertiary/aromatic N) is 1. The molecule has 14 heavy (non-hydrogen) atoms. The van der Waals surface area contributed by atoms with Gasteiger partial charge in [0.1, 0.15) is 5.70 Å². The molecule has 5 heteroatoms. The molecule has 1 aromatic heterocycles. The first-order valence-corrected chi connectivity index (χ1v) is 4.41. The van der Waals surface area contributed by atoms with Gasteiger partial charge in [-0.15, -0.1) is 0 Å². The number of carbonyl (C=O) groups is 1. The Morgan fingerprint density at radius 1 is 1.36 bits per heavy atom. The molecule has 2 heterocycles. The summed E-state index contributed by atoms with van der Waals surface area (Å²) in [4.78, 5) is 15.3. The second-order valence-corrected chi connectivity index (χ2v) is 3.13. The zero-order chi connectivity index (χ0) is 9.97. The molecule has 0 aliphatic carbocycles. The van der Waals surface area contributed by atoms with Crippen LogP contribution in [0.25, 0.3) is 6.08 Å². The minimum atomic E-state index is -0.222. The third-order valence-corrected chi connectivity index (χ3v) is 1.90. The van der Waals surface area contributed by atoms with Gasteiger partial charge in [-0.3, -0.25) is 15.1 Å². The minimum absolute atomic E-state index is 0.222. The summed E-state index contributed by atoms with van der Waals surface area (Å²) >= 11 is 4.79. The summed E-state index contributed by atoms with van der Waals surface area (Å²) in [6.07, 6.45) is 3.31. The van der Waals surface area contributed by atoms with Gasteiger partial charge in [-0.05, 0) is 30.4 Å². The number of carbonyl (C=O) groups excluding carboxylic acids is 1. The van der Waals surface area contributed by atoms with E-state index in [-0.39, 0.29) is 5.91 Å². The fourth-order valence-electron chi connectivity index (χ4n) is 1.09. The predicted octanol–water partition coefficient (Wildman–Crippen LogP) is 0.427. The number of hydrogen-bond acceptors (Lipinski definition) is 3. The standard InChI is InChI=1S/C9H7N3OS/c13-8-7(11-9(14)12-8)5-6-3-1-2-4-10-6/h1-5H,(H2,11,12,13,14)/b7-5+. The van der Waals surface area contributed by atoms with E-state index in [0.717, 1.165) is 5.69 Å². The van der Waals surface area contributed by atoms with E-state index in [9.17, 15) is 4.79 Å². The molecule has 70 valence electrons. The number of aromatic nitrogens is 1. The Bertz CT molecular complexity index is 413. The molecule has 0 spiro atoms. The molecule has 4 nitrogen and oxygen atoms in total. The minimum Gasteiger partial charge on any atom is -0.328 e. The van der Waals surface area contributed by atoms with Crippen molar-refractivity contribution >= 4 is 29.3 Å². The Morgan fingerprint density at radius 3 is 2.79 bits per heavy atom. The molecule has 0 aromatic carbocycles. The van der Waals surface area contributed by atoms with Crippen LogP contribution in [0, 0.1) is 0 Å². The van der Waals surface area contributed by atoms with Gasteiger partial charge in [0.2, 0.25) is 0 Å². The highest BCUT2D eigenvalue weighted by Gasteiger charge is 2.19. The van der Waals surface area contributed by atoms with Crippen LogP contribution in [0.5, 0.6) is 0 Å². The molecule has 0 unspecified atom stereocenters. The second-order valence-electron chi connectivity index (χ2n) is 2.72. The molecule has 1 aliphatic rings. The second kappa shape index (κ2) is 3.55. The van der Waals surface area contributed by atoms with Crippen molar-refractivity contribution in [3.05, 3.63) is 35.8 Å². The Labute approximate surface area is 86.0 Å². The summed E-state index contributed by atoms with van der Waals surface area (Å²) in [6, 6.07) is 5.47. The topological polar surface area (TPSA) is 54.0 Å². The highest BCUT2D eigenvalue weighted by molar-refractivity contribution is 7.80. The van der Waals surface area contributed by atoms with Crippen LogP contribution in [0.15, 0.2) is 30.1 Å². The molecule has 1 aromatic rings. The zero-order valence-corrected chi connectivity index (χ0v) is 7.97. The molecule has 2 N–H and O–H groups in total. The van der Waals surface area contributed by atoms with Crippen molar-refractivity contribution in [2.45, 2.75) is 0 Å². The molecule has 2 rings (SSSR count). The lowest BCUT2D eigenvalue weighted by Gasteiger charge is -1.94. The Kier molecular flexibility index (Phi) is 2.24. The Hall–Kier alpha value is -1.75. The lowest BCUT2D eigenvalue weighted by molar-refractivity contribution is -0.115. The van der Waals surface area contributed by atoms with E-state index in [4.69, 9.17) is 12.2 Å². The molecular weight excluding hydrogens is 198 g/mol. The number of hydrogen-bond donors (Lipinski definition) is 2. The Morgan fingerprint density at radius 2 is 2.21 bits per heavy atom. The van der Waals surface area contributed by atoms with Gasteiger partial charge in [0.25, 0.3) is 5.91 Å². The van der Waals surface area contributed by atoms with Gasteiger partial charge >= 0.3 is 0 Å². The first-order chi connectivity index (χ1) is 6.75. The van der Waals surface area contributed by atoms with Crippen LogP contribution in [0.3, 0.4) is 0 Å². The number of amides is 1. The van der Waals surface area contributed by atoms with Crippen LogP contribution in [-0.4, -0.2) is 16.0 Å². The van der Waals surface area contributed by atoms with E-state index in [2.05, 4.69) is 15.6 Å². The van der Waals surface area contributed by atoms with E-state index < -0.39 is 0 Å². The third kappa shape index (κ3) is 1.77. The fourth-order valence-corrected chi connectivity index (χ4v) is 1.29. The normalized spacial score (nSPS) is 18.1. The molecular formula is C9H7N3OS. The van der Waals surface area contributed by atoms with Crippen LogP contribution in [0.2, 0.25) is 0 Å². The van der Waals surface area contributed by atoms with Crippen molar-refractivity contribution in [1.82, 2.24) is 15.6 Å². The van der Waals surface area contributed by atoms with Crippen LogP contribution in [-0.2, 0) is 4.79 Å². The maximum Gasteiger partial charge on any atom is 0.273 e. The average molecular weight is 205 g/mol. The van der Waals surface area contributed by atoms with E-state index in [1.54, 1.807) is 12.3 Å². The van der Waals surface area contributed by atoms with Gasteiger partial charge in [-0.2, -0.15) is 0 Å². The summed E-state index contributed by atoms with van der Waals surface area (Å²) < 4.78 is 0. The molecule has 0 bridgehead atoms. The highest BCUT2D eigenvalue weighted by atomic mass is 32.1. The van der Waals surface area contributed by atoms with Crippen molar-refractivity contribution in [1.29, 1.82) is 0 Å². The summed E-state index contributed by atoms with van der Waals surface area (Å²) in [7, 11) is 0. The van der Waals surface area contributed by atoms with Gasteiger partial charge < -0.3 is 5.32 Å². The molecule has 1 aliphatic heterocycles. The van der Waals surface area contributed by atoms with Crippen molar-refractivity contribution in [3.63, 3.8) is 0 Å². The third-order valence-electron chi connectivity index (χ3n) is 1.70. The van der Waals surface area contributed by atoms with E-state index in [0.29, 0.717) is 10.8 Å². The largest absolute Gasteiger partial charge is 0.328 e. The number of nitrogens with one attached hydrogen (secondary N) is 2. The number of rotatable bonds is 1. The number of pyridine rings is 1. The van der Waals surface area contributed by atoms with Crippen LogP contribution >= 0.6 is 12.2 Å². The highest BCUT2D eigenvalue weighted by Crippen LogP contribution is 2.04. The smallest absolute Gasteiger partial charge is 0.273 e. The van der Waals surface area contributed by atoms with Crippen molar-refractivity contribution in [2.24, 2.45) is 0 Å². The van der Waals surface area contributed by atoms with Crippen molar-refractivity contribution in [2.75, 3.05) is 0 Å². The lowest BCUT2D eigenvalue weighted by Crippen LogP contribution is -2.21. The average Bonchev–Trinajstić information content (AvgIpc) is 2.47. The predicted molar refractivity (Wildman–Crippen MR) is 56.1 cm³/mol. The zero-order valence-electron chi connectivity index (χ0n) is 7.15. The van der Waals surface area contributed by atoms with Gasteiger partial charge in [0.05, 0.1) is 5.69 Å². The van der Waals surface area contributed by atoms with Crippen LogP contribution in [0.4, 0.5) is 0 Å². The van der Waals surface area contributed by atoms with Crippen LogP contribution in [0.1, 0.15) is 5.69 Å². The summed E-state index contributed by atoms with van der Waals surface area (Å²) in [5, 5.41) is 5.55. The maximum atomic E-state index is 11.2. The molecule has 1 amide bonds. The van der Waals surface area contributed by atoms with Crippen molar-refractivity contribution in [3.8, 4) is 0 Å². The maximum absolute atomic E-state index is 11.2. The number of thiocarbonyl (C=S) groups is 1. The van der Waals surface area contributed by atoms with E-state index in [1.165, 1.54) is 0 Å². The molecule has 0 radical (unpaired) electrons. The molecule has 0 saturated carbocycles. The molecule has 1 fully saturated rings. The summed E-state index contributed by atoms with van der Waals surface area (Å²) in [5.41, 5.74) is 1.14. The van der Waals surface area contributed by atoms with E-state index >= 15 is 0 Å². The summed E-state index contributed by atoms with van der Waals surface area (Å²) in [5.74, 6) is -0.222. The summed E-state index contributed by atoms with van der Waals surface area (Å²) in [6.45, 7) is 0. The van der Waals surface area contributed by atoms with Crippen LogP contribution < -0.4 is 10.6 Å². The lowest BCUT2D eigenvalue weighted by atomic mass is 10.3. The van der Waals surface area contributed by atoms with Gasteiger partial charge in [-0.25, -0.2) is 0 Å². The first-order valence-electron chi connectivity index (χ1n) is 4.01. The van der Waals surface area contributed by atoms with Crippen molar-refractivity contribution < 1.29 is 4.79 Å². The SMILES string of the molecule is O=C1NC(=S)N/C1=C/c1ccccn1. The van der Waals surface area contributed by atoms with Gasteiger partial charge in [0, 0.05) is 6.20 Å². The monoisotopic (exact) mass is 205 g/mol. The molecule has 1 saturated heterocycles. The first kappa shape index (κ1) is 8.83. The van der Waals surface area contributed by atoms with E-state index in [1.807, 2.05) is 18.2 Å². The molecule has 0 atom stereocenters. The quantitative estimate of drug-likeness (QED) is 0.515. The Balaban J connectivity index is 2.28. The van der Waals surface area contributed by atoms with Gasteiger partial charge in [0.15, 0.2) is 5.11 Å². The van der Waals surface area contributed by atoms with Gasteiger partial charge in [-0.1, -0.05) is 6.07 Å². The fraction of sp³-hybridized carbons (Fsp3) is 0.